The number of anilines is 1. The largest absolute Gasteiger partial charge is 0.349 e. The van der Waals surface area contributed by atoms with Crippen LogP contribution in [0.1, 0.15) is 42.5 Å². The minimum atomic E-state index is -0.439. The number of halogens is 1. The van der Waals surface area contributed by atoms with Gasteiger partial charge in [0.15, 0.2) is 0 Å². The maximum Gasteiger partial charge on any atom is 0.322 e. The number of benzene rings is 2. The molecular weight excluding hydrogens is 357 g/mol. The van der Waals surface area contributed by atoms with E-state index in [1.807, 2.05) is 23.1 Å². The molecule has 2 heterocycles. The lowest BCUT2D eigenvalue weighted by Gasteiger charge is -2.48. The summed E-state index contributed by atoms with van der Waals surface area (Å²) in [6, 6.07) is 15.3. The Morgan fingerprint density at radius 1 is 0.929 bits per heavy atom. The molecule has 2 aliphatic heterocycles. The molecule has 146 valence electrons. The van der Waals surface area contributed by atoms with Crippen LogP contribution in [0.3, 0.4) is 0 Å². The summed E-state index contributed by atoms with van der Waals surface area (Å²) in [5, 5.41) is 5.84. The molecule has 0 aliphatic carbocycles. The van der Waals surface area contributed by atoms with Crippen LogP contribution in [0.15, 0.2) is 54.6 Å². The molecule has 3 amide bonds. The van der Waals surface area contributed by atoms with E-state index in [1.165, 1.54) is 6.07 Å². The van der Waals surface area contributed by atoms with E-state index in [0.717, 1.165) is 32.1 Å². The number of fused-ring (bicyclic) bond motifs is 2. The van der Waals surface area contributed by atoms with Gasteiger partial charge in [-0.25, -0.2) is 9.18 Å². The van der Waals surface area contributed by atoms with Crippen LogP contribution in [-0.4, -0.2) is 35.0 Å². The van der Waals surface area contributed by atoms with Crippen molar-refractivity contribution in [1.82, 2.24) is 10.2 Å². The van der Waals surface area contributed by atoms with Gasteiger partial charge < -0.3 is 15.5 Å². The van der Waals surface area contributed by atoms with Gasteiger partial charge in [0.1, 0.15) is 5.82 Å². The summed E-state index contributed by atoms with van der Waals surface area (Å²) in [6.07, 6.45) is 4.31. The SMILES string of the molecule is O=C(NC1CC2CCCC(C1)N2C(=O)Nc1ccccc1F)c1ccccc1. The molecule has 2 saturated heterocycles. The first-order valence-electron chi connectivity index (χ1n) is 9.81. The quantitative estimate of drug-likeness (QED) is 0.838. The average Bonchev–Trinajstić information content (AvgIpc) is 2.69. The molecule has 2 unspecified atom stereocenters. The molecule has 6 heteroatoms. The van der Waals surface area contributed by atoms with E-state index in [2.05, 4.69) is 10.6 Å². The van der Waals surface area contributed by atoms with Crippen molar-refractivity contribution in [2.45, 2.75) is 50.2 Å². The minimum absolute atomic E-state index is 0.0421. The zero-order chi connectivity index (χ0) is 19.5. The molecule has 0 aromatic heterocycles. The molecule has 2 bridgehead atoms. The molecule has 0 spiro atoms. The third kappa shape index (κ3) is 3.86. The number of urea groups is 1. The second-order valence-corrected chi connectivity index (χ2v) is 7.56. The van der Waals surface area contributed by atoms with Crippen LogP contribution in [0.25, 0.3) is 0 Å². The van der Waals surface area contributed by atoms with Crippen LogP contribution in [-0.2, 0) is 0 Å². The number of piperidine rings is 2. The normalized spacial score (nSPS) is 23.8. The standard InChI is InChI=1S/C22H24FN3O2/c23-19-11-4-5-12-20(19)25-22(28)26-17-9-6-10-18(26)14-16(13-17)24-21(27)15-7-2-1-3-8-15/h1-5,7-8,11-12,16-18H,6,9-10,13-14H2,(H,24,27)(H,25,28). The predicted octanol–water partition coefficient (Wildman–Crippen LogP) is 4.17. The van der Waals surface area contributed by atoms with Crippen LogP contribution < -0.4 is 10.6 Å². The third-order valence-corrected chi connectivity index (χ3v) is 5.70. The first-order valence-corrected chi connectivity index (χ1v) is 9.81. The van der Waals surface area contributed by atoms with Crippen LogP contribution in [0.2, 0.25) is 0 Å². The highest BCUT2D eigenvalue weighted by molar-refractivity contribution is 5.94. The van der Waals surface area contributed by atoms with Gasteiger partial charge in [-0.2, -0.15) is 0 Å². The second kappa shape index (κ2) is 8.00. The fourth-order valence-corrected chi connectivity index (χ4v) is 4.43. The first kappa shape index (κ1) is 18.5. The van der Waals surface area contributed by atoms with E-state index >= 15 is 0 Å². The zero-order valence-corrected chi connectivity index (χ0v) is 15.6. The summed E-state index contributed by atoms with van der Waals surface area (Å²) in [4.78, 5) is 27.2. The summed E-state index contributed by atoms with van der Waals surface area (Å²) in [7, 11) is 0. The van der Waals surface area contributed by atoms with Gasteiger partial charge >= 0.3 is 6.03 Å². The second-order valence-electron chi connectivity index (χ2n) is 7.56. The summed E-state index contributed by atoms with van der Waals surface area (Å²) < 4.78 is 13.9. The first-order chi connectivity index (χ1) is 13.6. The average molecular weight is 381 g/mol. The Morgan fingerprint density at radius 3 is 2.25 bits per heavy atom. The number of carbonyl (C=O) groups is 2. The van der Waals surface area contributed by atoms with Crippen molar-refractivity contribution in [3.8, 4) is 0 Å². The molecule has 2 fully saturated rings. The van der Waals surface area contributed by atoms with E-state index in [-0.39, 0.29) is 35.8 Å². The number of hydrogen-bond acceptors (Lipinski definition) is 2. The Bertz CT molecular complexity index is 844. The Labute approximate surface area is 163 Å². The monoisotopic (exact) mass is 381 g/mol. The maximum atomic E-state index is 13.9. The minimum Gasteiger partial charge on any atom is -0.349 e. The zero-order valence-electron chi connectivity index (χ0n) is 15.6. The lowest BCUT2D eigenvalue weighted by molar-refractivity contribution is 0.0576. The van der Waals surface area contributed by atoms with Crippen molar-refractivity contribution in [1.29, 1.82) is 0 Å². The molecule has 0 radical (unpaired) electrons. The predicted molar refractivity (Wildman–Crippen MR) is 106 cm³/mol. The molecule has 2 N–H and O–H groups in total. The molecule has 0 saturated carbocycles. The number of para-hydroxylation sites is 1. The maximum absolute atomic E-state index is 13.9. The van der Waals surface area contributed by atoms with Crippen molar-refractivity contribution >= 4 is 17.6 Å². The highest BCUT2D eigenvalue weighted by Gasteiger charge is 2.41. The van der Waals surface area contributed by atoms with E-state index in [1.54, 1.807) is 30.3 Å². The number of carbonyl (C=O) groups excluding carboxylic acids is 2. The van der Waals surface area contributed by atoms with Crippen LogP contribution >= 0.6 is 0 Å². The molecule has 2 aromatic carbocycles. The molecule has 5 nitrogen and oxygen atoms in total. The van der Waals surface area contributed by atoms with Gasteiger partial charge in [0.2, 0.25) is 0 Å². The van der Waals surface area contributed by atoms with E-state index in [0.29, 0.717) is 5.56 Å². The Kier molecular flexibility index (Phi) is 5.28. The van der Waals surface area contributed by atoms with Gasteiger partial charge in [0.05, 0.1) is 5.69 Å². The van der Waals surface area contributed by atoms with Gasteiger partial charge in [0, 0.05) is 23.7 Å². The Morgan fingerprint density at radius 2 is 1.57 bits per heavy atom. The number of rotatable bonds is 3. The van der Waals surface area contributed by atoms with Gasteiger partial charge in [0.25, 0.3) is 5.91 Å². The smallest absolute Gasteiger partial charge is 0.322 e. The fourth-order valence-electron chi connectivity index (χ4n) is 4.43. The van der Waals surface area contributed by atoms with Gasteiger partial charge in [-0.05, 0) is 56.4 Å². The summed E-state index contributed by atoms with van der Waals surface area (Å²) in [5.74, 6) is -0.515. The molecule has 2 aliphatic rings. The Balaban J connectivity index is 1.43. The molecule has 28 heavy (non-hydrogen) atoms. The summed E-state index contributed by atoms with van der Waals surface area (Å²) in [6.45, 7) is 0. The van der Waals surface area contributed by atoms with E-state index < -0.39 is 5.82 Å². The molecule has 2 aromatic rings. The molecular formula is C22H24FN3O2. The topological polar surface area (TPSA) is 61.4 Å². The van der Waals surface area contributed by atoms with Crippen LogP contribution in [0.5, 0.6) is 0 Å². The van der Waals surface area contributed by atoms with Gasteiger partial charge in [-0.1, -0.05) is 30.3 Å². The van der Waals surface area contributed by atoms with E-state index in [4.69, 9.17) is 0 Å². The molecule has 2 atom stereocenters. The summed E-state index contributed by atoms with van der Waals surface area (Å²) >= 11 is 0. The van der Waals surface area contributed by atoms with Crippen LogP contribution in [0, 0.1) is 5.82 Å². The van der Waals surface area contributed by atoms with E-state index in [9.17, 15) is 14.0 Å². The third-order valence-electron chi connectivity index (χ3n) is 5.70. The number of hydrogen-bond donors (Lipinski definition) is 2. The lowest BCUT2D eigenvalue weighted by atomic mass is 9.82. The highest BCUT2D eigenvalue weighted by Crippen LogP contribution is 2.34. The van der Waals surface area contributed by atoms with Crippen molar-refractivity contribution < 1.29 is 14.0 Å². The van der Waals surface area contributed by atoms with Crippen molar-refractivity contribution in [2.75, 3.05) is 5.32 Å². The van der Waals surface area contributed by atoms with Gasteiger partial charge in [-0.3, -0.25) is 4.79 Å². The number of amides is 3. The summed E-state index contributed by atoms with van der Waals surface area (Å²) in [5.41, 5.74) is 0.845. The highest BCUT2D eigenvalue weighted by atomic mass is 19.1. The van der Waals surface area contributed by atoms with Crippen LogP contribution in [0.4, 0.5) is 14.9 Å². The van der Waals surface area contributed by atoms with Gasteiger partial charge in [-0.15, -0.1) is 0 Å². The van der Waals surface area contributed by atoms with Crippen molar-refractivity contribution in [3.63, 3.8) is 0 Å². The van der Waals surface area contributed by atoms with Crippen molar-refractivity contribution in [2.24, 2.45) is 0 Å². The Hall–Kier alpha value is -2.89. The molecule has 4 rings (SSSR count). The number of nitrogens with zero attached hydrogens (tertiary/aromatic N) is 1. The van der Waals surface area contributed by atoms with Crippen molar-refractivity contribution in [3.05, 3.63) is 66.0 Å². The lowest BCUT2D eigenvalue weighted by Crippen LogP contribution is -2.59. The fraction of sp³-hybridized carbons (Fsp3) is 0.364. The number of nitrogens with one attached hydrogen (secondary N) is 2.